The van der Waals surface area contributed by atoms with Crippen LogP contribution in [0, 0.1) is 17.7 Å². The van der Waals surface area contributed by atoms with Crippen LogP contribution in [-0.2, 0) is 11.3 Å². The molecule has 1 aromatic carbocycles. The standard InChI is InChI=1S/C16H22FNOS/c1-10-5-11(2)7-14(6-10)19-9-12-3-4-13(17)8-15(12)16(18)20/h3-4,8,10-11,14H,5-7,9H2,1-2H3,(H2,18,20). The molecule has 2 unspecified atom stereocenters. The zero-order valence-electron chi connectivity index (χ0n) is 12.1. The van der Waals surface area contributed by atoms with Gasteiger partial charge in [0.25, 0.3) is 0 Å². The summed E-state index contributed by atoms with van der Waals surface area (Å²) in [5.41, 5.74) is 7.09. The van der Waals surface area contributed by atoms with E-state index in [4.69, 9.17) is 22.7 Å². The van der Waals surface area contributed by atoms with E-state index in [0.717, 1.165) is 18.4 Å². The van der Waals surface area contributed by atoms with Crippen molar-refractivity contribution in [2.75, 3.05) is 0 Å². The van der Waals surface area contributed by atoms with Gasteiger partial charge in [-0.25, -0.2) is 4.39 Å². The normalized spacial score (nSPS) is 26.4. The van der Waals surface area contributed by atoms with Crippen molar-refractivity contribution in [1.82, 2.24) is 0 Å². The van der Waals surface area contributed by atoms with Gasteiger partial charge < -0.3 is 10.5 Å². The fourth-order valence-electron chi connectivity index (χ4n) is 3.12. The van der Waals surface area contributed by atoms with E-state index in [2.05, 4.69) is 13.8 Å². The van der Waals surface area contributed by atoms with Gasteiger partial charge in [-0.1, -0.05) is 32.1 Å². The maximum atomic E-state index is 13.2. The van der Waals surface area contributed by atoms with Gasteiger partial charge >= 0.3 is 0 Å². The molecule has 0 aromatic heterocycles. The molecular formula is C16H22FNOS. The Balaban J connectivity index is 2.02. The highest BCUT2D eigenvalue weighted by molar-refractivity contribution is 7.80. The lowest BCUT2D eigenvalue weighted by molar-refractivity contribution is -0.00921. The largest absolute Gasteiger partial charge is 0.389 e. The van der Waals surface area contributed by atoms with Crippen LogP contribution in [0.3, 0.4) is 0 Å². The molecule has 0 radical (unpaired) electrons. The summed E-state index contributed by atoms with van der Waals surface area (Å²) < 4.78 is 19.3. The van der Waals surface area contributed by atoms with E-state index >= 15 is 0 Å². The number of hydrogen-bond donors (Lipinski definition) is 1. The molecule has 0 heterocycles. The Bertz CT molecular complexity index is 481. The second-order valence-electron chi connectivity index (χ2n) is 6.02. The summed E-state index contributed by atoms with van der Waals surface area (Å²) in [6.45, 7) is 4.98. The van der Waals surface area contributed by atoms with Crippen LogP contribution in [0.2, 0.25) is 0 Å². The third kappa shape index (κ3) is 4.00. The minimum atomic E-state index is -0.323. The summed E-state index contributed by atoms with van der Waals surface area (Å²) in [6.07, 6.45) is 3.73. The molecule has 0 aliphatic heterocycles. The van der Waals surface area contributed by atoms with Crippen molar-refractivity contribution in [2.45, 2.75) is 45.8 Å². The molecule has 2 atom stereocenters. The molecule has 2 N–H and O–H groups in total. The highest BCUT2D eigenvalue weighted by atomic mass is 32.1. The first-order valence-electron chi connectivity index (χ1n) is 7.15. The Morgan fingerprint density at radius 1 is 1.30 bits per heavy atom. The highest BCUT2D eigenvalue weighted by Gasteiger charge is 2.24. The van der Waals surface area contributed by atoms with Crippen LogP contribution in [0.25, 0.3) is 0 Å². The fourth-order valence-corrected chi connectivity index (χ4v) is 3.31. The molecule has 1 aliphatic carbocycles. The van der Waals surface area contributed by atoms with Crippen LogP contribution >= 0.6 is 12.2 Å². The summed E-state index contributed by atoms with van der Waals surface area (Å²) in [7, 11) is 0. The topological polar surface area (TPSA) is 35.2 Å². The lowest BCUT2D eigenvalue weighted by atomic mass is 9.82. The number of ether oxygens (including phenoxy) is 1. The predicted molar refractivity (Wildman–Crippen MR) is 83.0 cm³/mol. The summed E-state index contributed by atoms with van der Waals surface area (Å²) >= 11 is 4.97. The molecule has 0 amide bonds. The van der Waals surface area contributed by atoms with Gasteiger partial charge in [0.15, 0.2) is 0 Å². The van der Waals surface area contributed by atoms with Crippen LogP contribution in [0.1, 0.15) is 44.2 Å². The first kappa shape index (κ1) is 15.4. The van der Waals surface area contributed by atoms with Gasteiger partial charge in [-0.2, -0.15) is 0 Å². The van der Waals surface area contributed by atoms with Crippen LogP contribution in [-0.4, -0.2) is 11.1 Å². The third-order valence-electron chi connectivity index (χ3n) is 3.95. The molecule has 2 rings (SSSR count). The maximum absolute atomic E-state index is 13.2. The van der Waals surface area contributed by atoms with Crippen molar-refractivity contribution in [3.63, 3.8) is 0 Å². The Hall–Kier alpha value is -1.00. The number of thiocarbonyl (C=S) groups is 1. The van der Waals surface area contributed by atoms with E-state index in [-0.39, 0.29) is 16.9 Å². The monoisotopic (exact) mass is 295 g/mol. The number of rotatable bonds is 4. The lowest BCUT2D eigenvalue weighted by Gasteiger charge is -2.31. The van der Waals surface area contributed by atoms with E-state index < -0.39 is 0 Å². The molecule has 1 fully saturated rings. The van der Waals surface area contributed by atoms with E-state index in [9.17, 15) is 4.39 Å². The van der Waals surface area contributed by atoms with Crippen molar-refractivity contribution in [3.05, 3.63) is 35.1 Å². The van der Waals surface area contributed by atoms with Crippen LogP contribution < -0.4 is 5.73 Å². The summed E-state index contributed by atoms with van der Waals surface area (Å²) in [4.78, 5) is 0.216. The summed E-state index contributed by atoms with van der Waals surface area (Å²) in [5, 5.41) is 0. The molecule has 0 bridgehead atoms. The second kappa shape index (κ2) is 6.64. The molecule has 20 heavy (non-hydrogen) atoms. The van der Waals surface area contributed by atoms with Crippen LogP contribution in [0.5, 0.6) is 0 Å². The van der Waals surface area contributed by atoms with E-state index in [1.807, 2.05) is 0 Å². The number of halogens is 1. The van der Waals surface area contributed by atoms with Gasteiger partial charge in [0, 0.05) is 5.56 Å². The van der Waals surface area contributed by atoms with Gasteiger partial charge in [-0.15, -0.1) is 0 Å². The Labute approximate surface area is 125 Å². The first-order chi connectivity index (χ1) is 9.45. The Morgan fingerprint density at radius 3 is 2.55 bits per heavy atom. The predicted octanol–water partition coefficient (Wildman–Crippen LogP) is 3.80. The van der Waals surface area contributed by atoms with Gasteiger partial charge in [-0.3, -0.25) is 0 Å². The fraction of sp³-hybridized carbons (Fsp3) is 0.562. The Kier molecular flexibility index (Phi) is 5.11. The molecule has 1 saturated carbocycles. The molecular weight excluding hydrogens is 273 g/mol. The first-order valence-corrected chi connectivity index (χ1v) is 7.56. The van der Waals surface area contributed by atoms with Crippen molar-refractivity contribution in [3.8, 4) is 0 Å². The average molecular weight is 295 g/mol. The van der Waals surface area contributed by atoms with Crippen molar-refractivity contribution in [2.24, 2.45) is 17.6 Å². The lowest BCUT2D eigenvalue weighted by Crippen LogP contribution is -2.26. The van der Waals surface area contributed by atoms with E-state index in [0.29, 0.717) is 24.0 Å². The maximum Gasteiger partial charge on any atom is 0.123 e. The van der Waals surface area contributed by atoms with Gasteiger partial charge in [0.1, 0.15) is 10.8 Å². The smallest absolute Gasteiger partial charge is 0.123 e. The minimum absolute atomic E-state index is 0.216. The molecule has 1 aliphatic rings. The molecule has 1 aromatic rings. The highest BCUT2D eigenvalue weighted by Crippen LogP contribution is 2.31. The molecule has 2 nitrogen and oxygen atoms in total. The van der Waals surface area contributed by atoms with E-state index in [1.165, 1.54) is 18.6 Å². The van der Waals surface area contributed by atoms with Gasteiger partial charge in [0.2, 0.25) is 0 Å². The number of hydrogen-bond acceptors (Lipinski definition) is 2. The number of benzene rings is 1. The molecule has 0 spiro atoms. The molecule has 0 saturated heterocycles. The molecule has 4 heteroatoms. The number of nitrogens with two attached hydrogens (primary N) is 1. The quantitative estimate of drug-likeness (QED) is 0.858. The Morgan fingerprint density at radius 2 is 1.95 bits per heavy atom. The third-order valence-corrected chi connectivity index (χ3v) is 4.17. The molecule has 110 valence electrons. The zero-order chi connectivity index (χ0) is 14.7. The summed E-state index contributed by atoms with van der Waals surface area (Å²) in [6, 6.07) is 4.51. The average Bonchev–Trinajstić information content (AvgIpc) is 2.36. The second-order valence-corrected chi connectivity index (χ2v) is 6.46. The zero-order valence-corrected chi connectivity index (χ0v) is 12.9. The minimum Gasteiger partial charge on any atom is -0.389 e. The van der Waals surface area contributed by atoms with Crippen LogP contribution in [0.15, 0.2) is 18.2 Å². The van der Waals surface area contributed by atoms with Crippen LogP contribution in [0.4, 0.5) is 4.39 Å². The van der Waals surface area contributed by atoms with Gasteiger partial charge in [0.05, 0.1) is 12.7 Å². The van der Waals surface area contributed by atoms with E-state index in [1.54, 1.807) is 6.07 Å². The summed E-state index contributed by atoms with van der Waals surface area (Å²) in [5.74, 6) is 1.08. The van der Waals surface area contributed by atoms with Gasteiger partial charge in [-0.05, 0) is 48.8 Å². The van der Waals surface area contributed by atoms with Crippen molar-refractivity contribution in [1.29, 1.82) is 0 Å². The SMILES string of the molecule is CC1CC(C)CC(OCc2ccc(F)cc2C(N)=S)C1. The van der Waals surface area contributed by atoms with Crippen molar-refractivity contribution >= 4 is 17.2 Å². The van der Waals surface area contributed by atoms with Crippen molar-refractivity contribution < 1.29 is 9.13 Å².